The molecule has 4 rings (SSSR count). The summed E-state index contributed by atoms with van der Waals surface area (Å²) in [4.78, 5) is 23.8. The number of aliphatic hydroxyl groups is 1. The molecule has 3 N–H and O–H groups in total. The lowest BCUT2D eigenvalue weighted by molar-refractivity contribution is -0.137. The van der Waals surface area contributed by atoms with E-state index in [0.717, 1.165) is 17.6 Å². The molecule has 1 aliphatic carbocycles. The van der Waals surface area contributed by atoms with Crippen molar-refractivity contribution in [1.82, 2.24) is 4.57 Å². The van der Waals surface area contributed by atoms with Crippen molar-refractivity contribution in [2.45, 2.75) is 32.2 Å². The van der Waals surface area contributed by atoms with E-state index in [1.165, 1.54) is 25.7 Å². The number of nitrogens with zero attached hydrogens (tertiary/aromatic N) is 1. The maximum absolute atomic E-state index is 12.1. The van der Waals surface area contributed by atoms with Crippen LogP contribution in [-0.2, 0) is 11.3 Å². The van der Waals surface area contributed by atoms with Gasteiger partial charge in [-0.15, -0.1) is 0 Å². The molecule has 0 spiro atoms. The summed E-state index contributed by atoms with van der Waals surface area (Å²) in [5, 5.41) is 10.4. The minimum Gasteiger partial charge on any atom is -0.424 e. The zero-order chi connectivity index (χ0) is 19.0. The second kappa shape index (κ2) is 7.04. The molecule has 0 unspecified atom stereocenters. The largest absolute Gasteiger partial charge is 0.424 e. The average Bonchev–Trinajstić information content (AvgIpc) is 3.29. The Balaban J connectivity index is 2.01. The first-order valence-corrected chi connectivity index (χ1v) is 9.25. The number of benzene rings is 2. The Hall–Kier alpha value is -2.86. The molecule has 1 aromatic heterocycles. The van der Waals surface area contributed by atoms with Gasteiger partial charge in [-0.1, -0.05) is 25.0 Å². The molecule has 3 aromatic rings. The van der Waals surface area contributed by atoms with Gasteiger partial charge >= 0.3 is 5.97 Å². The molecule has 2 aromatic carbocycles. The molecule has 140 valence electrons. The van der Waals surface area contributed by atoms with Gasteiger partial charge in [-0.3, -0.25) is 4.79 Å². The molecule has 1 fully saturated rings. The highest BCUT2D eigenvalue weighted by atomic mass is 16.5. The van der Waals surface area contributed by atoms with Gasteiger partial charge in [0.15, 0.2) is 0 Å². The monoisotopic (exact) mass is 366 g/mol. The van der Waals surface area contributed by atoms with Crippen molar-refractivity contribution in [1.29, 1.82) is 0 Å². The summed E-state index contributed by atoms with van der Waals surface area (Å²) in [5.41, 5.74) is 7.82. The first-order valence-electron chi connectivity index (χ1n) is 9.25. The smallest absolute Gasteiger partial charge is 0.337 e. The van der Waals surface area contributed by atoms with Gasteiger partial charge < -0.3 is 20.1 Å². The number of primary amides is 1. The Kier molecular flexibility index (Phi) is 4.58. The van der Waals surface area contributed by atoms with Crippen LogP contribution in [0.2, 0.25) is 0 Å². The molecule has 0 radical (unpaired) electrons. The van der Waals surface area contributed by atoms with Crippen LogP contribution >= 0.6 is 0 Å². The van der Waals surface area contributed by atoms with Crippen LogP contribution < -0.4 is 10.5 Å². The minimum absolute atomic E-state index is 0.329. The van der Waals surface area contributed by atoms with E-state index in [0.29, 0.717) is 28.0 Å². The molecule has 0 bridgehead atoms. The number of amides is 1. The normalized spacial score (nSPS) is 14.9. The molecular weight excluding hydrogens is 344 g/mol. The Morgan fingerprint density at radius 2 is 1.74 bits per heavy atom. The first-order chi connectivity index (χ1) is 13.1. The van der Waals surface area contributed by atoms with Crippen molar-refractivity contribution in [2.24, 2.45) is 11.7 Å². The summed E-state index contributed by atoms with van der Waals surface area (Å²) >= 11 is 0. The molecule has 1 amide bonds. The highest BCUT2D eigenvalue weighted by Gasteiger charge is 2.23. The number of carbonyl (C=O) groups is 2. The standard InChI is InChI=1S/C21H22N2O4/c22-21(26)14-7-3-8-15-19(14)20-16(23(15)11-13-5-1-2-6-13)9-4-10-17(20)27-18(25)12-24/h3-4,7-10,13,24H,1-2,5-6,11-12H2,(H2,22,26). The van der Waals surface area contributed by atoms with Crippen LogP contribution in [0.15, 0.2) is 36.4 Å². The van der Waals surface area contributed by atoms with E-state index in [2.05, 4.69) is 4.57 Å². The molecule has 6 nitrogen and oxygen atoms in total. The lowest BCUT2D eigenvalue weighted by Gasteiger charge is -2.13. The number of esters is 1. The van der Waals surface area contributed by atoms with Crippen LogP contribution in [0.25, 0.3) is 21.8 Å². The Morgan fingerprint density at radius 3 is 2.41 bits per heavy atom. The average molecular weight is 366 g/mol. The van der Waals surface area contributed by atoms with E-state index < -0.39 is 18.5 Å². The van der Waals surface area contributed by atoms with Crippen LogP contribution in [0.1, 0.15) is 36.0 Å². The highest BCUT2D eigenvalue weighted by Crippen LogP contribution is 2.39. The van der Waals surface area contributed by atoms with E-state index in [1.54, 1.807) is 12.1 Å². The highest BCUT2D eigenvalue weighted by molar-refractivity contribution is 6.20. The number of aliphatic hydroxyl groups excluding tert-OH is 1. The van der Waals surface area contributed by atoms with E-state index in [4.69, 9.17) is 15.6 Å². The van der Waals surface area contributed by atoms with E-state index in [9.17, 15) is 9.59 Å². The first kappa shape index (κ1) is 17.5. The van der Waals surface area contributed by atoms with Gasteiger partial charge in [0.05, 0.1) is 16.4 Å². The van der Waals surface area contributed by atoms with Gasteiger partial charge in [-0.2, -0.15) is 0 Å². The van der Waals surface area contributed by atoms with Gasteiger partial charge in [0.1, 0.15) is 12.4 Å². The van der Waals surface area contributed by atoms with Crippen molar-refractivity contribution in [3.8, 4) is 5.75 Å². The van der Waals surface area contributed by atoms with E-state index in [-0.39, 0.29) is 0 Å². The number of fused-ring (bicyclic) bond motifs is 3. The predicted molar refractivity (Wildman–Crippen MR) is 103 cm³/mol. The number of aromatic nitrogens is 1. The van der Waals surface area contributed by atoms with Crippen LogP contribution in [0.5, 0.6) is 5.75 Å². The van der Waals surface area contributed by atoms with E-state index >= 15 is 0 Å². The number of ether oxygens (including phenoxy) is 1. The maximum Gasteiger partial charge on any atom is 0.337 e. The van der Waals surface area contributed by atoms with Crippen molar-refractivity contribution < 1.29 is 19.4 Å². The summed E-state index contributed by atoms with van der Waals surface area (Å²) in [6.07, 6.45) is 4.87. The van der Waals surface area contributed by atoms with Gasteiger partial charge in [-0.05, 0) is 43.0 Å². The fourth-order valence-electron chi connectivity index (χ4n) is 4.25. The lowest BCUT2D eigenvalue weighted by atomic mass is 10.1. The van der Waals surface area contributed by atoms with Gasteiger partial charge in [0.2, 0.25) is 5.91 Å². The zero-order valence-corrected chi connectivity index (χ0v) is 15.0. The second-order valence-electron chi connectivity index (χ2n) is 7.11. The van der Waals surface area contributed by atoms with Crippen molar-refractivity contribution in [3.05, 3.63) is 42.0 Å². The molecule has 27 heavy (non-hydrogen) atoms. The van der Waals surface area contributed by atoms with Gasteiger partial charge in [0.25, 0.3) is 0 Å². The predicted octanol–water partition coefficient (Wildman–Crippen LogP) is 2.98. The van der Waals surface area contributed by atoms with Crippen molar-refractivity contribution in [3.63, 3.8) is 0 Å². The Labute approximate surface area is 156 Å². The summed E-state index contributed by atoms with van der Waals surface area (Å²) in [6, 6.07) is 10.9. The van der Waals surface area contributed by atoms with Crippen molar-refractivity contribution in [2.75, 3.05) is 6.61 Å². The van der Waals surface area contributed by atoms with E-state index in [1.807, 2.05) is 24.3 Å². The third kappa shape index (κ3) is 3.06. The minimum atomic E-state index is -0.740. The molecule has 1 aliphatic rings. The van der Waals surface area contributed by atoms with Crippen LogP contribution in [0.3, 0.4) is 0 Å². The molecule has 0 atom stereocenters. The SMILES string of the molecule is NC(=O)c1cccc2c1c1c(OC(=O)CO)cccc1n2CC1CCCC1. The summed E-state index contributed by atoms with van der Waals surface area (Å²) < 4.78 is 7.55. The molecule has 0 saturated heterocycles. The van der Waals surface area contributed by atoms with Gasteiger partial charge in [-0.25, -0.2) is 4.79 Å². The van der Waals surface area contributed by atoms with Crippen LogP contribution in [-0.4, -0.2) is 28.2 Å². The van der Waals surface area contributed by atoms with Crippen LogP contribution in [0.4, 0.5) is 0 Å². The topological polar surface area (TPSA) is 94.6 Å². The van der Waals surface area contributed by atoms with Crippen molar-refractivity contribution >= 4 is 33.7 Å². The fourth-order valence-corrected chi connectivity index (χ4v) is 4.25. The van der Waals surface area contributed by atoms with Crippen LogP contribution in [0, 0.1) is 5.92 Å². The quantitative estimate of drug-likeness (QED) is 0.536. The third-order valence-electron chi connectivity index (χ3n) is 5.41. The Bertz CT molecular complexity index is 1030. The number of carbonyl (C=O) groups excluding carboxylic acids is 2. The fraction of sp³-hybridized carbons (Fsp3) is 0.333. The molecule has 1 heterocycles. The second-order valence-corrected chi connectivity index (χ2v) is 7.11. The summed E-state index contributed by atoms with van der Waals surface area (Å²) in [7, 11) is 0. The molecule has 1 saturated carbocycles. The Morgan fingerprint density at radius 1 is 1.07 bits per heavy atom. The number of hydrogen-bond acceptors (Lipinski definition) is 4. The number of hydrogen-bond donors (Lipinski definition) is 2. The zero-order valence-electron chi connectivity index (χ0n) is 15.0. The molecular formula is C21H22N2O4. The van der Waals surface area contributed by atoms with Gasteiger partial charge in [0, 0.05) is 17.5 Å². The summed E-state index contributed by atoms with van der Waals surface area (Å²) in [5.74, 6) is -0.348. The summed E-state index contributed by atoms with van der Waals surface area (Å²) in [6.45, 7) is 0.138. The third-order valence-corrected chi connectivity index (χ3v) is 5.41. The number of nitrogens with two attached hydrogens (primary N) is 1. The molecule has 6 heteroatoms. The number of rotatable bonds is 5. The lowest BCUT2D eigenvalue weighted by Crippen LogP contribution is -2.13. The molecule has 0 aliphatic heterocycles. The maximum atomic E-state index is 12.1.